The number of carboxylic acids is 1. The molecule has 4 heteroatoms. The third-order valence-corrected chi connectivity index (χ3v) is 2.86. The van der Waals surface area contributed by atoms with Crippen LogP contribution in [0.5, 0.6) is 0 Å². The quantitative estimate of drug-likeness (QED) is 0.820. The third-order valence-electron chi connectivity index (χ3n) is 2.86. The summed E-state index contributed by atoms with van der Waals surface area (Å²) in [5.41, 5.74) is 1.10. The summed E-state index contributed by atoms with van der Waals surface area (Å²) >= 11 is 0. The fourth-order valence-corrected chi connectivity index (χ4v) is 2.00. The van der Waals surface area contributed by atoms with Gasteiger partial charge < -0.3 is 10.2 Å². The number of allylic oxidation sites excluding steroid dienone is 2. The molecule has 0 aliphatic heterocycles. The second-order valence-electron chi connectivity index (χ2n) is 4.13. The number of carbonyl (C=O) groups excluding carboxylic acids is 1. The van der Waals surface area contributed by atoms with Gasteiger partial charge in [0, 0.05) is 18.9 Å². The van der Waals surface area contributed by atoms with Crippen molar-refractivity contribution in [2.45, 2.75) is 18.8 Å². The first-order valence-electron chi connectivity index (χ1n) is 5.32. The van der Waals surface area contributed by atoms with E-state index < -0.39 is 5.97 Å². The van der Waals surface area contributed by atoms with Crippen LogP contribution in [0.3, 0.4) is 0 Å². The Morgan fingerprint density at radius 1 is 1.18 bits per heavy atom. The third kappa shape index (κ3) is 2.53. The predicted molar refractivity (Wildman–Crippen MR) is 61.1 cm³/mol. The van der Waals surface area contributed by atoms with Crippen molar-refractivity contribution in [3.63, 3.8) is 0 Å². The Balaban J connectivity index is 2.21. The zero-order valence-electron chi connectivity index (χ0n) is 9.09. The Bertz CT molecular complexity index is 485. The van der Waals surface area contributed by atoms with Gasteiger partial charge in [-0.1, -0.05) is 12.1 Å². The smallest absolute Gasteiger partial charge is 0.335 e. The van der Waals surface area contributed by atoms with Gasteiger partial charge in [-0.05, 0) is 23.6 Å². The van der Waals surface area contributed by atoms with Gasteiger partial charge >= 0.3 is 5.97 Å². The van der Waals surface area contributed by atoms with Crippen molar-refractivity contribution in [3.05, 3.63) is 47.2 Å². The Morgan fingerprint density at radius 2 is 1.82 bits per heavy atom. The highest BCUT2D eigenvalue weighted by molar-refractivity contribution is 5.91. The van der Waals surface area contributed by atoms with Gasteiger partial charge in [-0.15, -0.1) is 0 Å². The van der Waals surface area contributed by atoms with E-state index in [4.69, 9.17) is 5.11 Å². The maximum Gasteiger partial charge on any atom is 0.335 e. The summed E-state index contributed by atoms with van der Waals surface area (Å²) in [5.74, 6) is -1.04. The molecule has 2 N–H and O–H groups in total. The maximum absolute atomic E-state index is 11.3. The summed E-state index contributed by atoms with van der Waals surface area (Å²) in [6.07, 6.45) is 2.04. The first-order chi connectivity index (χ1) is 8.06. The largest absolute Gasteiger partial charge is 0.512 e. The lowest BCUT2D eigenvalue weighted by Crippen LogP contribution is -2.12. The normalized spacial score (nSPS) is 19.9. The fourth-order valence-electron chi connectivity index (χ4n) is 2.00. The zero-order chi connectivity index (χ0) is 12.4. The molecule has 0 bridgehead atoms. The van der Waals surface area contributed by atoms with Crippen molar-refractivity contribution >= 4 is 11.8 Å². The van der Waals surface area contributed by atoms with E-state index in [9.17, 15) is 14.7 Å². The number of ketones is 1. The molecule has 0 spiro atoms. The summed E-state index contributed by atoms with van der Waals surface area (Å²) < 4.78 is 0. The molecule has 1 atom stereocenters. The molecule has 0 saturated heterocycles. The molecule has 1 unspecified atom stereocenters. The monoisotopic (exact) mass is 232 g/mol. The number of carbonyl (C=O) groups is 2. The molecule has 0 saturated carbocycles. The second kappa shape index (κ2) is 4.41. The standard InChI is InChI=1S/C13H12O4/c14-11-5-10(6-12(15)7-11)8-1-3-9(4-2-8)13(16)17/h1-4,7,10,14H,5-6H2,(H,16,17). The number of aliphatic hydroxyl groups excluding tert-OH is 1. The summed E-state index contributed by atoms with van der Waals surface area (Å²) in [4.78, 5) is 22.0. The van der Waals surface area contributed by atoms with Crippen LogP contribution in [0.4, 0.5) is 0 Å². The summed E-state index contributed by atoms with van der Waals surface area (Å²) in [5, 5.41) is 18.2. The highest BCUT2D eigenvalue weighted by atomic mass is 16.4. The minimum atomic E-state index is -0.973. The first kappa shape index (κ1) is 11.4. The molecule has 2 rings (SSSR count). The molecular weight excluding hydrogens is 220 g/mol. The molecule has 1 aliphatic rings. The molecule has 88 valence electrons. The van der Waals surface area contributed by atoms with Crippen LogP contribution in [-0.2, 0) is 4.79 Å². The van der Waals surface area contributed by atoms with Crippen molar-refractivity contribution in [2.24, 2.45) is 0 Å². The van der Waals surface area contributed by atoms with Gasteiger partial charge in [-0.25, -0.2) is 4.79 Å². The molecular formula is C13H12O4. The Kier molecular flexibility index (Phi) is 2.95. The van der Waals surface area contributed by atoms with Gasteiger partial charge in [-0.2, -0.15) is 0 Å². The highest BCUT2D eigenvalue weighted by Gasteiger charge is 2.21. The van der Waals surface area contributed by atoms with Crippen molar-refractivity contribution < 1.29 is 19.8 Å². The van der Waals surface area contributed by atoms with Gasteiger partial charge in [0.05, 0.1) is 11.3 Å². The van der Waals surface area contributed by atoms with E-state index in [1.54, 1.807) is 12.1 Å². The number of aromatic carboxylic acids is 1. The van der Waals surface area contributed by atoms with Crippen molar-refractivity contribution in [1.82, 2.24) is 0 Å². The van der Waals surface area contributed by atoms with E-state index in [0.29, 0.717) is 12.8 Å². The summed E-state index contributed by atoms with van der Waals surface area (Å²) in [7, 11) is 0. The van der Waals surface area contributed by atoms with Gasteiger partial charge in [0.25, 0.3) is 0 Å². The molecule has 0 fully saturated rings. The second-order valence-corrected chi connectivity index (χ2v) is 4.13. The highest BCUT2D eigenvalue weighted by Crippen LogP contribution is 2.30. The molecule has 0 amide bonds. The van der Waals surface area contributed by atoms with E-state index in [2.05, 4.69) is 0 Å². The molecule has 1 aromatic carbocycles. The molecule has 4 nitrogen and oxygen atoms in total. The van der Waals surface area contributed by atoms with Crippen LogP contribution >= 0.6 is 0 Å². The van der Waals surface area contributed by atoms with Crippen LogP contribution in [0.15, 0.2) is 36.1 Å². The number of hydrogen-bond donors (Lipinski definition) is 2. The molecule has 1 aliphatic carbocycles. The molecule has 17 heavy (non-hydrogen) atoms. The lowest BCUT2D eigenvalue weighted by Gasteiger charge is -2.19. The van der Waals surface area contributed by atoms with Crippen LogP contribution in [-0.4, -0.2) is 22.0 Å². The number of carboxylic acid groups (broad SMARTS) is 1. The van der Waals surface area contributed by atoms with E-state index >= 15 is 0 Å². The SMILES string of the molecule is O=C1C=C(O)CC(c2ccc(C(=O)O)cc2)C1. The Labute approximate surface area is 98.2 Å². The lowest BCUT2D eigenvalue weighted by molar-refractivity contribution is -0.115. The van der Waals surface area contributed by atoms with Crippen LogP contribution in [0.2, 0.25) is 0 Å². The van der Waals surface area contributed by atoms with E-state index in [0.717, 1.165) is 5.56 Å². The van der Waals surface area contributed by atoms with Crippen LogP contribution in [0, 0.1) is 0 Å². The number of benzene rings is 1. The van der Waals surface area contributed by atoms with E-state index in [1.165, 1.54) is 18.2 Å². The maximum atomic E-state index is 11.3. The lowest BCUT2D eigenvalue weighted by atomic mass is 9.86. The van der Waals surface area contributed by atoms with Crippen LogP contribution in [0.25, 0.3) is 0 Å². The molecule has 0 radical (unpaired) electrons. The van der Waals surface area contributed by atoms with Crippen molar-refractivity contribution in [2.75, 3.05) is 0 Å². The van der Waals surface area contributed by atoms with Crippen LogP contribution < -0.4 is 0 Å². The number of hydrogen-bond acceptors (Lipinski definition) is 3. The van der Waals surface area contributed by atoms with Crippen molar-refractivity contribution in [3.8, 4) is 0 Å². The van der Waals surface area contributed by atoms with Crippen LogP contribution in [0.1, 0.15) is 34.7 Å². The minimum Gasteiger partial charge on any atom is -0.512 e. The zero-order valence-corrected chi connectivity index (χ0v) is 9.09. The number of rotatable bonds is 2. The van der Waals surface area contributed by atoms with Gasteiger partial charge in [0.15, 0.2) is 5.78 Å². The molecule has 0 heterocycles. The van der Waals surface area contributed by atoms with E-state index in [-0.39, 0.29) is 23.0 Å². The summed E-state index contributed by atoms with van der Waals surface area (Å²) in [6, 6.07) is 6.41. The molecule has 0 aromatic heterocycles. The average molecular weight is 232 g/mol. The number of aliphatic hydroxyl groups is 1. The fraction of sp³-hybridized carbons (Fsp3) is 0.231. The topological polar surface area (TPSA) is 74.6 Å². The van der Waals surface area contributed by atoms with Crippen molar-refractivity contribution in [1.29, 1.82) is 0 Å². The summed E-state index contributed by atoms with van der Waals surface area (Å²) in [6.45, 7) is 0. The predicted octanol–water partition coefficient (Wildman–Crippen LogP) is 2.27. The molecule has 1 aromatic rings. The van der Waals surface area contributed by atoms with E-state index in [1.807, 2.05) is 0 Å². The van der Waals surface area contributed by atoms with Gasteiger partial charge in [0.2, 0.25) is 0 Å². The average Bonchev–Trinajstić information content (AvgIpc) is 2.28. The minimum absolute atomic E-state index is 0.0599. The Morgan fingerprint density at radius 3 is 2.35 bits per heavy atom. The van der Waals surface area contributed by atoms with Gasteiger partial charge in [-0.3, -0.25) is 4.79 Å². The Hall–Kier alpha value is -2.10. The van der Waals surface area contributed by atoms with Gasteiger partial charge in [0.1, 0.15) is 0 Å². The first-order valence-corrected chi connectivity index (χ1v) is 5.32.